The summed E-state index contributed by atoms with van der Waals surface area (Å²) in [4.78, 5) is 20.9. The SMILES string of the molecule is O=C(CCNS(=O)(=O)c1ccc(Cl)c(C(F)(F)F)c1)Nc1ccc(F)c([N+](=O)[O-])c1. The average molecular weight is 470 g/mol. The molecule has 0 saturated carbocycles. The third-order valence-corrected chi connectivity index (χ3v) is 5.41. The van der Waals surface area contributed by atoms with Crippen LogP contribution in [-0.2, 0) is 21.0 Å². The van der Waals surface area contributed by atoms with Crippen LogP contribution in [0, 0.1) is 15.9 Å². The normalized spacial score (nSPS) is 11.9. The van der Waals surface area contributed by atoms with E-state index in [1.807, 2.05) is 4.72 Å². The maximum atomic E-state index is 13.3. The van der Waals surface area contributed by atoms with Crippen molar-refractivity contribution in [1.82, 2.24) is 4.72 Å². The van der Waals surface area contributed by atoms with Gasteiger partial charge in [-0.25, -0.2) is 13.1 Å². The van der Waals surface area contributed by atoms with E-state index < -0.39 is 67.0 Å². The standard InChI is InChI=1S/C16H12ClF4N3O5S/c17-12-3-2-10(8-11(12)16(19,20)21)30(28,29)22-6-5-15(25)23-9-1-4-13(18)14(7-9)24(26)27/h1-4,7-8,22H,5-6H2,(H,23,25). The monoisotopic (exact) mass is 469 g/mol. The highest BCUT2D eigenvalue weighted by atomic mass is 35.5. The number of sulfonamides is 1. The molecule has 2 rings (SSSR count). The number of nitro benzene ring substituents is 1. The van der Waals surface area contributed by atoms with Gasteiger partial charge in [0, 0.05) is 24.7 Å². The van der Waals surface area contributed by atoms with Crippen LogP contribution >= 0.6 is 11.6 Å². The van der Waals surface area contributed by atoms with E-state index in [0.717, 1.165) is 30.3 Å². The molecule has 0 atom stereocenters. The molecule has 2 N–H and O–H groups in total. The van der Waals surface area contributed by atoms with E-state index in [1.54, 1.807) is 0 Å². The molecule has 0 heterocycles. The molecule has 14 heteroatoms. The molecule has 2 aromatic rings. The summed E-state index contributed by atoms with van der Waals surface area (Å²) in [5.74, 6) is -1.88. The smallest absolute Gasteiger partial charge is 0.326 e. The highest BCUT2D eigenvalue weighted by Gasteiger charge is 2.34. The molecule has 0 fully saturated rings. The zero-order chi connectivity index (χ0) is 22.7. The minimum atomic E-state index is -4.86. The summed E-state index contributed by atoms with van der Waals surface area (Å²) in [5, 5.41) is 12.2. The molecule has 2 aromatic carbocycles. The van der Waals surface area contributed by atoms with Crippen LogP contribution in [0.5, 0.6) is 0 Å². The molecule has 162 valence electrons. The van der Waals surface area contributed by atoms with Crippen molar-refractivity contribution in [2.75, 3.05) is 11.9 Å². The molecular formula is C16H12ClF4N3O5S. The fraction of sp³-hybridized carbons (Fsp3) is 0.188. The summed E-state index contributed by atoms with van der Waals surface area (Å²) >= 11 is 5.44. The van der Waals surface area contributed by atoms with Crippen molar-refractivity contribution in [2.24, 2.45) is 0 Å². The van der Waals surface area contributed by atoms with E-state index in [4.69, 9.17) is 11.6 Å². The van der Waals surface area contributed by atoms with Crippen molar-refractivity contribution in [3.8, 4) is 0 Å². The van der Waals surface area contributed by atoms with E-state index in [2.05, 4.69) is 5.32 Å². The molecule has 8 nitrogen and oxygen atoms in total. The van der Waals surface area contributed by atoms with Crippen molar-refractivity contribution < 1.29 is 35.7 Å². The second kappa shape index (κ2) is 8.93. The number of amides is 1. The Labute approximate surface area is 172 Å². The Bertz CT molecular complexity index is 1090. The van der Waals surface area contributed by atoms with Crippen LogP contribution < -0.4 is 10.0 Å². The van der Waals surface area contributed by atoms with Crippen LogP contribution in [0.1, 0.15) is 12.0 Å². The van der Waals surface area contributed by atoms with Crippen LogP contribution in [0.2, 0.25) is 5.02 Å². The fourth-order valence-corrected chi connectivity index (χ4v) is 3.51. The van der Waals surface area contributed by atoms with Crippen LogP contribution in [0.25, 0.3) is 0 Å². The Hall–Kier alpha value is -2.77. The van der Waals surface area contributed by atoms with Gasteiger partial charge in [0.2, 0.25) is 21.7 Å². The van der Waals surface area contributed by atoms with Crippen LogP contribution in [0.4, 0.5) is 28.9 Å². The van der Waals surface area contributed by atoms with Gasteiger partial charge in [-0.05, 0) is 30.3 Å². The zero-order valence-electron chi connectivity index (χ0n) is 14.7. The minimum absolute atomic E-state index is 0.0940. The van der Waals surface area contributed by atoms with Gasteiger partial charge in [0.1, 0.15) is 0 Å². The maximum absolute atomic E-state index is 13.3. The number of rotatable bonds is 7. The number of nitrogens with one attached hydrogen (secondary N) is 2. The minimum Gasteiger partial charge on any atom is -0.326 e. The summed E-state index contributed by atoms with van der Waals surface area (Å²) in [6, 6.07) is 4.64. The number of carbonyl (C=O) groups excluding carboxylic acids is 1. The molecule has 0 spiro atoms. The number of hydrogen-bond donors (Lipinski definition) is 2. The van der Waals surface area contributed by atoms with E-state index in [9.17, 15) is 40.9 Å². The highest BCUT2D eigenvalue weighted by Crippen LogP contribution is 2.35. The van der Waals surface area contributed by atoms with Crippen LogP contribution in [0.3, 0.4) is 0 Å². The predicted molar refractivity (Wildman–Crippen MR) is 97.9 cm³/mol. The van der Waals surface area contributed by atoms with Crippen molar-refractivity contribution in [3.05, 3.63) is 62.9 Å². The molecule has 0 aliphatic carbocycles. The number of halogens is 5. The van der Waals surface area contributed by atoms with Crippen molar-refractivity contribution in [1.29, 1.82) is 0 Å². The second-order valence-corrected chi connectivity index (χ2v) is 7.93. The summed E-state index contributed by atoms with van der Waals surface area (Å²) in [5.41, 5.74) is -2.29. The lowest BCUT2D eigenvalue weighted by molar-refractivity contribution is -0.387. The Morgan fingerprint density at radius 1 is 1.17 bits per heavy atom. The van der Waals surface area contributed by atoms with E-state index in [1.165, 1.54) is 0 Å². The molecule has 30 heavy (non-hydrogen) atoms. The number of carbonyl (C=O) groups is 1. The molecular weight excluding hydrogens is 458 g/mol. The Balaban J connectivity index is 2.02. The number of anilines is 1. The largest absolute Gasteiger partial charge is 0.417 e. The van der Waals surface area contributed by atoms with Gasteiger partial charge in [0.25, 0.3) is 0 Å². The summed E-state index contributed by atoms with van der Waals surface area (Å²) in [7, 11) is -4.38. The lowest BCUT2D eigenvalue weighted by Crippen LogP contribution is -2.28. The predicted octanol–water partition coefficient (Wildman–Crippen LogP) is 3.71. The first kappa shape index (κ1) is 23.5. The van der Waals surface area contributed by atoms with Gasteiger partial charge >= 0.3 is 11.9 Å². The van der Waals surface area contributed by atoms with Gasteiger partial charge in [-0.15, -0.1) is 0 Å². The first-order chi connectivity index (χ1) is 13.8. The van der Waals surface area contributed by atoms with Gasteiger partial charge < -0.3 is 5.32 Å². The Morgan fingerprint density at radius 2 is 1.83 bits per heavy atom. The fourth-order valence-electron chi connectivity index (χ4n) is 2.22. The van der Waals surface area contributed by atoms with Crippen molar-refractivity contribution >= 4 is 38.9 Å². The molecule has 0 aliphatic rings. The van der Waals surface area contributed by atoms with Crippen molar-refractivity contribution in [3.63, 3.8) is 0 Å². The first-order valence-corrected chi connectivity index (χ1v) is 9.77. The molecule has 0 radical (unpaired) electrons. The molecule has 0 saturated heterocycles. The lowest BCUT2D eigenvalue weighted by Gasteiger charge is -2.12. The van der Waals surface area contributed by atoms with Gasteiger partial charge in [-0.3, -0.25) is 14.9 Å². The number of benzene rings is 2. The Kier molecular flexibility index (Phi) is 7.00. The topological polar surface area (TPSA) is 118 Å². The quantitative estimate of drug-likeness (QED) is 0.364. The maximum Gasteiger partial charge on any atom is 0.417 e. The van der Waals surface area contributed by atoms with Crippen LogP contribution in [-0.4, -0.2) is 25.8 Å². The number of nitro groups is 1. The third-order valence-electron chi connectivity index (χ3n) is 3.62. The third kappa shape index (κ3) is 5.87. The van der Waals surface area contributed by atoms with Gasteiger partial charge in [0.15, 0.2) is 0 Å². The van der Waals surface area contributed by atoms with E-state index in [0.29, 0.717) is 6.07 Å². The van der Waals surface area contributed by atoms with Gasteiger partial charge in [-0.2, -0.15) is 17.6 Å². The molecule has 1 amide bonds. The van der Waals surface area contributed by atoms with E-state index >= 15 is 0 Å². The van der Waals surface area contributed by atoms with Crippen molar-refractivity contribution in [2.45, 2.75) is 17.5 Å². The molecule has 0 bridgehead atoms. The highest BCUT2D eigenvalue weighted by molar-refractivity contribution is 7.89. The summed E-state index contributed by atoms with van der Waals surface area (Å²) in [6.07, 6.45) is -5.32. The number of alkyl halides is 3. The number of nitrogens with zero attached hydrogens (tertiary/aromatic N) is 1. The molecule has 0 aromatic heterocycles. The summed E-state index contributed by atoms with van der Waals surface area (Å²) < 4.78 is 78.1. The lowest BCUT2D eigenvalue weighted by atomic mass is 10.2. The average Bonchev–Trinajstić information content (AvgIpc) is 2.62. The van der Waals surface area contributed by atoms with E-state index in [-0.39, 0.29) is 5.69 Å². The van der Waals surface area contributed by atoms with Gasteiger partial charge in [0.05, 0.1) is 20.4 Å². The Morgan fingerprint density at radius 3 is 2.43 bits per heavy atom. The zero-order valence-corrected chi connectivity index (χ0v) is 16.2. The number of hydrogen-bond acceptors (Lipinski definition) is 5. The second-order valence-electron chi connectivity index (χ2n) is 5.76. The first-order valence-electron chi connectivity index (χ1n) is 7.91. The molecule has 0 unspecified atom stereocenters. The summed E-state index contributed by atoms with van der Waals surface area (Å²) in [6.45, 7) is -0.485. The molecule has 0 aliphatic heterocycles. The van der Waals surface area contributed by atoms with Gasteiger partial charge in [-0.1, -0.05) is 11.6 Å². The van der Waals surface area contributed by atoms with Crippen LogP contribution in [0.15, 0.2) is 41.3 Å².